The fourth-order valence-electron chi connectivity index (χ4n) is 1.93. The van der Waals surface area contributed by atoms with Crippen LogP contribution in [-0.4, -0.2) is 35.5 Å². The molecule has 0 heterocycles. The van der Waals surface area contributed by atoms with Crippen molar-refractivity contribution in [1.82, 2.24) is 10.6 Å². The van der Waals surface area contributed by atoms with Gasteiger partial charge in [-0.15, -0.1) is 0 Å². The van der Waals surface area contributed by atoms with E-state index in [2.05, 4.69) is 26.6 Å². The number of nitrogens with one attached hydrogen (secondary N) is 2. The quantitative estimate of drug-likeness (QED) is 0.714. The molecule has 1 atom stereocenters. The molecule has 112 valence electrons. The first kappa shape index (κ1) is 15.5. The van der Waals surface area contributed by atoms with Gasteiger partial charge in [-0.3, -0.25) is 9.59 Å². The van der Waals surface area contributed by atoms with Crippen LogP contribution in [0.3, 0.4) is 0 Å². The molecule has 3 N–H and O–H groups in total. The monoisotopic (exact) mass is 354 g/mol. The highest BCUT2D eigenvalue weighted by Crippen LogP contribution is 2.32. The highest BCUT2D eigenvalue weighted by atomic mass is 79.9. The molecule has 6 nitrogen and oxygen atoms in total. The number of benzene rings is 1. The number of halogens is 1. The van der Waals surface area contributed by atoms with Crippen LogP contribution < -0.4 is 10.6 Å². The molecule has 0 bridgehead atoms. The zero-order chi connectivity index (χ0) is 15.4. The normalized spacial score (nSPS) is 15.1. The maximum Gasteiger partial charge on any atom is 0.326 e. The van der Waals surface area contributed by atoms with E-state index in [1.165, 1.54) is 0 Å². The Kier molecular flexibility index (Phi) is 4.95. The zero-order valence-electron chi connectivity index (χ0n) is 11.1. The van der Waals surface area contributed by atoms with Gasteiger partial charge in [-0.1, -0.05) is 22.0 Å². The second-order valence-electron chi connectivity index (χ2n) is 4.91. The van der Waals surface area contributed by atoms with E-state index in [-0.39, 0.29) is 18.4 Å². The number of aliphatic carboxylic acids is 1. The van der Waals surface area contributed by atoms with Crippen LogP contribution in [0.2, 0.25) is 0 Å². The Morgan fingerprint density at radius 3 is 2.62 bits per heavy atom. The first-order valence-electron chi connectivity index (χ1n) is 6.53. The van der Waals surface area contributed by atoms with Crippen LogP contribution in [-0.2, 0) is 9.59 Å². The molecule has 1 aliphatic rings. The molecule has 0 aromatic heterocycles. The molecule has 2 amide bonds. The summed E-state index contributed by atoms with van der Waals surface area (Å²) in [4.78, 5) is 34.5. The van der Waals surface area contributed by atoms with Gasteiger partial charge in [-0.2, -0.15) is 0 Å². The van der Waals surface area contributed by atoms with Crippen LogP contribution >= 0.6 is 15.9 Å². The van der Waals surface area contributed by atoms with Crippen molar-refractivity contribution in [2.75, 3.05) is 6.54 Å². The van der Waals surface area contributed by atoms with Gasteiger partial charge in [0.15, 0.2) is 0 Å². The van der Waals surface area contributed by atoms with E-state index in [0.29, 0.717) is 5.56 Å². The maximum atomic E-state index is 11.8. The molecule has 0 radical (unpaired) electrons. The van der Waals surface area contributed by atoms with Gasteiger partial charge in [-0.05, 0) is 37.0 Å². The summed E-state index contributed by atoms with van der Waals surface area (Å²) in [5.41, 5.74) is 0.425. The third-order valence-corrected chi connectivity index (χ3v) is 3.67. The van der Waals surface area contributed by atoms with Crippen LogP contribution in [0.1, 0.15) is 23.2 Å². The number of carboxylic acids is 1. The summed E-state index contributed by atoms with van der Waals surface area (Å²) >= 11 is 3.26. The Labute approximate surface area is 130 Å². The van der Waals surface area contributed by atoms with E-state index in [4.69, 9.17) is 5.11 Å². The van der Waals surface area contributed by atoms with Crippen molar-refractivity contribution in [3.8, 4) is 0 Å². The Morgan fingerprint density at radius 2 is 2.05 bits per heavy atom. The lowest BCUT2D eigenvalue weighted by Gasteiger charge is -2.13. The van der Waals surface area contributed by atoms with Gasteiger partial charge in [0.2, 0.25) is 5.91 Å². The second-order valence-corrected chi connectivity index (χ2v) is 5.83. The summed E-state index contributed by atoms with van der Waals surface area (Å²) in [6, 6.07) is 5.91. The smallest absolute Gasteiger partial charge is 0.326 e. The molecule has 1 saturated carbocycles. The van der Waals surface area contributed by atoms with Crippen LogP contribution in [0.4, 0.5) is 0 Å². The maximum absolute atomic E-state index is 11.8. The minimum atomic E-state index is -1.04. The lowest BCUT2D eigenvalue weighted by Crippen LogP contribution is -2.46. The second kappa shape index (κ2) is 6.71. The fraction of sp³-hybridized carbons (Fsp3) is 0.357. The first-order valence-corrected chi connectivity index (χ1v) is 7.32. The Bertz CT molecular complexity index is 572. The number of carbonyl (C=O) groups is 3. The Morgan fingerprint density at radius 1 is 1.33 bits per heavy atom. The molecule has 1 aromatic rings. The SMILES string of the molecule is O=C(CNC(=O)c1cccc(Br)c1)NC(C(=O)O)C1CC1. The molecular weight excluding hydrogens is 340 g/mol. The van der Waals surface area contributed by atoms with Crippen LogP contribution in [0, 0.1) is 5.92 Å². The lowest BCUT2D eigenvalue weighted by molar-refractivity contribution is -0.142. The molecule has 2 rings (SSSR count). The molecule has 7 heteroatoms. The number of hydrogen-bond donors (Lipinski definition) is 3. The number of amides is 2. The molecule has 21 heavy (non-hydrogen) atoms. The molecule has 1 unspecified atom stereocenters. The largest absolute Gasteiger partial charge is 0.480 e. The predicted octanol–water partition coefficient (Wildman–Crippen LogP) is 1.16. The molecule has 0 aliphatic heterocycles. The van der Waals surface area contributed by atoms with Crippen molar-refractivity contribution in [2.45, 2.75) is 18.9 Å². The summed E-state index contributed by atoms with van der Waals surface area (Å²) in [6.07, 6.45) is 1.61. The topological polar surface area (TPSA) is 95.5 Å². The highest BCUT2D eigenvalue weighted by molar-refractivity contribution is 9.10. The van der Waals surface area contributed by atoms with Crippen LogP contribution in [0.5, 0.6) is 0 Å². The van der Waals surface area contributed by atoms with E-state index in [0.717, 1.165) is 17.3 Å². The summed E-state index contributed by atoms with van der Waals surface area (Å²) in [7, 11) is 0. The third-order valence-electron chi connectivity index (χ3n) is 3.17. The van der Waals surface area contributed by atoms with Crippen molar-refractivity contribution in [3.63, 3.8) is 0 Å². The molecule has 1 aromatic carbocycles. The highest BCUT2D eigenvalue weighted by Gasteiger charge is 2.37. The van der Waals surface area contributed by atoms with Gasteiger partial charge in [0, 0.05) is 10.0 Å². The first-order chi connectivity index (χ1) is 9.97. The van der Waals surface area contributed by atoms with Gasteiger partial charge in [0.05, 0.1) is 6.54 Å². The third kappa shape index (κ3) is 4.56. The van der Waals surface area contributed by atoms with Crippen molar-refractivity contribution in [3.05, 3.63) is 34.3 Å². The van der Waals surface area contributed by atoms with Gasteiger partial charge >= 0.3 is 5.97 Å². The van der Waals surface area contributed by atoms with Gasteiger partial charge < -0.3 is 15.7 Å². The van der Waals surface area contributed by atoms with Crippen LogP contribution in [0.25, 0.3) is 0 Å². The molecular formula is C14H15BrN2O4. The van der Waals surface area contributed by atoms with E-state index in [9.17, 15) is 14.4 Å². The zero-order valence-corrected chi connectivity index (χ0v) is 12.7. The van der Waals surface area contributed by atoms with E-state index < -0.39 is 17.9 Å². The standard InChI is InChI=1S/C14H15BrN2O4/c15-10-3-1-2-9(6-10)13(19)16-7-11(18)17-12(14(20)21)8-4-5-8/h1-3,6,8,12H,4-5,7H2,(H,16,19)(H,17,18)(H,20,21). The number of hydrogen-bond acceptors (Lipinski definition) is 3. The minimum Gasteiger partial charge on any atom is -0.480 e. The average Bonchev–Trinajstić information content (AvgIpc) is 3.26. The number of rotatable bonds is 6. The van der Waals surface area contributed by atoms with Crippen molar-refractivity contribution < 1.29 is 19.5 Å². The summed E-state index contributed by atoms with van der Waals surface area (Å²) in [5, 5.41) is 13.9. The van der Waals surface area contributed by atoms with E-state index >= 15 is 0 Å². The minimum absolute atomic E-state index is 0.00669. The van der Waals surface area contributed by atoms with Crippen LogP contribution in [0.15, 0.2) is 28.7 Å². The molecule has 1 fully saturated rings. The van der Waals surface area contributed by atoms with Gasteiger partial charge in [0.25, 0.3) is 5.91 Å². The summed E-state index contributed by atoms with van der Waals surface area (Å²) < 4.78 is 0.763. The Balaban J connectivity index is 1.83. The lowest BCUT2D eigenvalue weighted by atomic mass is 10.2. The van der Waals surface area contributed by atoms with Gasteiger partial charge in [0.1, 0.15) is 6.04 Å². The molecule has 0 spiro atoms. The molecule has 1 aliphatic carbocycles. The predicted molar refractivity (Wildman–Crippen MR) is 78.8 cm³/mol. The van der Waals surface area contributed by atoms with Crippen molar-refractivity contribution in [1.29, 1.82) is 0 Å². The average molecular weight is 355 g/mol. The van der Waals surface area contributed by atoms with Crippen molar-refractivity contribution in [2.24, 2.45) is 5.92 Å². The molecule has 0 saturated heterocycles. The van der Waals surface area contributed by atoms with Crippen molar-refractivity contribution >= 4 is 33.7 Å². The van der Waals surface area contributed by atoms with E-state index in [1.807, 2.05) is 0 Å². The fourth-order valence-corrected chi connectivity index (χ4v) is 2.33. The number of carboxylic acid groups (broad SMARTS) is 1. The summed E-state index contributed by atoms with van der Waals surface area (Å²) in [6.45, 7) is -0.248. The Hall–Kier alpha value is -1.89. The van der Waals surface area contributed by atoms with Gasteiger partial charge in [-0.25, -0.2) is 4.79 Å². The number of carbonyl (C=O) groups excluding carboxylic acids is 2. The summed E-state index contributed by atoms with van der Waals surface area (Å²) in [5.74, 6) is -1.92. The van der Waals surface area contributed by atoms with E-state index in [1.54, 1.807) is 24.3 Å².